The summed E-state index contributed by atoms with van der Waals surface area (Å²) in [6.45, 7) is 11.9. The molecule has 0 aliphatic heterocycles. The van der Waals surface area contributed by atoms with Gasteiger partial charge in [-0.15, -0.1) is 0 Å². The molecule has 0 radical (unpaired) electrons. The van der Waals surface area contributed by atoms with Gasteiger partial charge in [0.05, 0.1) is 26.4 Å². The number of hydrogen-bond donors (Lipinski definition) is 3. The Morgan fingerprint density at radius 3 is 0.760 bits per heavy atom. The number of aliphatic hydroxyl groups excluding tert-OH is 1. The Bertz CT molecular complexity index is 1940. The van der Waals surface area contributed by atoms with E-state index in [0.717, 1.165) is 108 Å². The average molecular weight is 1470 g/mol. The Hall–Kier alpha value is -1.94. The van der Waals surface area contributed by atoms with E-state index in [2.05, 4.69) is 48.5 Å². The maximum Gasteiger partial charge on any atom is 0.472 e. The van der Waals surface area contributed by atoms with Gasteiger partial charge in [-0.25, -0.2) is 9.13 Å². The van der Waals surface area contributed by atoms with Crippen molar-refractivity contribution >= 4 is 39.5 Å². The molecule has 0 heterocycles. The minimum absolute atomic E-state index is 0.107. The van der Waals surface area contributed by atoms with Crippen molar-refractivity contribution in [3.63, 3.8) is 0 Å². The van der Waals surface area contributed by atoms with Crippen molar-refractivity contribution in [3.8, 4) is 0 Å². The lowest BCUT2D eigenvalue weighted by Crippen LogP contribution is -2.30. The molecule has 19 heteroatoms. The van der Waals surface area contributed by atoms with E-state index in [-0.39, 0.29) is 25.7 Å². The van der Waals surface area contributed by atoms with Crippen LogP contribution in [0, 0.1) is 17.8 Å². The van der Waals surface area contributed by atoms with Crippen LogP contribution in [-0.4, -0.2) is 96.7 Å². The fourth-order valence-electron chi connectivity index (χ4n) is 12.5. The van der Waals surface area contributed by atoms with Crippen molar-refractivity contribution in [2.24, 2.45) is 17.8 Å². The molecule has 3 N–H and O–H groups in total. The topological polar surface area (TPSA) is 237 Å². The first-order valence-electron chi connectivity index (χ1n) is 41.9. The Labute approximate surface area is 613 Å². The van der Waals surface area contributed by atoms with Crippen molar-refractivity contribution in [1.82, 2.24) is 0 Å². The molecule has 0 amide bonds. The summed E-state index contributed by atoms with van der Waals surface area (Å²) >= 11 is 0. The molecule has 0 bridgehead atoms. The standard InChI is InChI=1S/C81H158O17P2/c1-8-10-11-12-13-14-15-16-25-31-36-41-50-57-64-81(86)98-77(69-92-79(84)63-56-49-44-43-46-53-60-73(5)6)71-96-100(89,90)94-67-75(82)66-93-99(87,88)95-70-76(68-91-78(83)62-55-48-40-35-30-26-22-21-24-29-34-39-47-54-61-74(7)9-2)97-80(85)65-58-51-42-37-32-27-20-18-17-19-23-28-33-38-45-52-59-72(3)4/h72-77,82H,8-71H2,1-7H3,(H,87,88)(H,89,90)/t74?,75-,76-,77-/m1/s1. The maximum absolute atomic E-state index is 13.1. The molecule has 0 spiro atoms. The summed E-state index contributed by atoms with van der Waals surface area (Å²) in [6, 6.07) is 0. The molecule has 594 valence electrons. The van der Waals surface area contributed by atoms with Crippen molar-refractivity contribution in [1.29, 1.82) is 0 Å². The fraction of sp³-hybridized carbons (Fsp3) is 0.951. The van der Waals surface area contributed by atoms with Crippen LogP contribution >= 0.6 is 15.6 Å². The molecule has 100 heavy (non-hydrogen) atoms. The Morgan fingerprint density at radius 2 is 0.510 bits per heavy atom. The zero-order valence-electron chi connectivity index (χ0n) is 65.7. The second-order valence-corrected chi connectivity index (χ2v) is 33.3. The third-order valence-electron chi connectivity index (χ3n) is 19.2. The number of esters is 4. The van der Waals surface area contributed by atoms with Crippen LogP contribution in [0.3, 0.4) is 0 Å². The monoisotopic (exact) mass is 1470 g/mol. The number of rotatable bonds is 79. The number of aliphatic hydroxyl groups is 1. The fourth-order valence-corrected chi connectivity index (χ4v) is 14.0. The molecule has 0 saturated carbocycles. The van der Waals surface area contributed by atoms with E-state index >= 15 is 0 Å². The molecule has 17 nitrogen and oxygen atoms in total. The Kier molecular flexibility index (Phi) is 69.9. The lowest BCUT2D eigenvalue weighted by Gasteiger charge is -2.21. The summed E-state index contributed by atoms with van der Waals surface area (Å²) in [5.74, 6) is 0.227. The Morgan fingerprint density at radius 1 is 0.290 bits per heavy atom. The lowest BCUT2D eigenvalue weighted by molar-refractivity contribution is -0.161. The molecule has 0 aromatic rings. The molecule has 0 fully saturated rings. The second-order valence-electron chi connectivity index (χ2n) is 30.4. The van der Waals surface area contributed by atoms with E-state index in [9.17, 15) is 43.2 Å². The van der Waals surface area contributed by atoms with Gasteiger partial charge in [0.2, 0.25) is 0 Å². The molecule has 0 aromatic carbocycles. The molecule has 3 unspecified atom stereocenters. The summed E-state index contributed by atoms with van der Waals surface area (Å²) in [6.07, 6.45) is 59.7. The minimum Gasteiger partial charge on any atom is -0.462 e. The largest absolute Gasteiger partial charge is 0.472 e. The molecule has 0 aliphatic rings. The van der Waals surface area contributed by atoms with Crippen molar-refractivity contribution in [3.05, 3.63) is 0 Å². The van der Waals surface area contributed by atoms with Gasteiger partial charge in [-0.1, -0.05) is 370 Å². The van der Waals surface area contributed by atoms with Gasteiger partial charge in [-0.2, -0.15) is 0 Å². The molecular formula is C81H158O17P2. The van der Waals surface area contributed by atoms with E-state index < -0.39 is 97.5 Å². The quantitative estimate of drug-likeness (QED) is 0.0222. The van der Waals surface area contributed by atoms with Crippen LogP contribution in [0.25, 0.3) is 0 Å². The van der Waals surface area contributed by atoms with Crippen LogP contribution in [-0.2, 0) is 65.4 Å². The summed E-state index contributed by atoms with van der Waals surface area (Å²) < 4.78 is 68.7. The van der Waals surface area contributed by atoms with E-state index in [1.807, 2.05) is 0 Å². The van der Waals surface area contributed by atoms with Crippen LogP contribution < -0.4 is 0 Å². The molecule has 0 saturated heterocycles. The zero-order valence-corrected chi connectivity index (χ0v) is 67.5. The molecule has 0 aliphatic carbocycles. The van der Waals surface area contributed by atoms with Crippen LogP contribution in [0.2, 0.25) is 0 Å². The second kappa shape index (κ2) is 71.3. The van der Waals surface area contributed by atoms with Crippen LogP contribution in [0.4, 0.5) is 0 Å². The highest BCUT2D eigenvalue weighted by Crippen LogP contribution is 2.45. The summed E-state index contributed by atoms with van der Waals surface area (Å²) in [7, 11) is -9.92. The third kappa shape index (κ3) is 73.0. The maximum atomic E-state index is 13.1. The van der Waals surface area contributed by atoms with Gasteiger partial charge >= 0.3 is 39.5 Å². The number of phosphoric acid groups is 2. The third-order valence-corrected chi connectivity index (χ3v) is 21.1. The van der Waals surface area contributed by atoms with Gasteiger partial charge in [-0.05, 0) is 43.4 Å². The van der Waals surface area contributed by atoms with Gasteiger partial charge in [0.15, 0.2) is 12.2 Å². The van der Waals surface area contributed by atoms with Crippen LogP contribution in [0.1, 0.15) is 421 Å². The van der Waals surface area contributed by atoms with Gasteiger partial charge in [0, 0.05) is 25.7 Å². The zero-order chi connectivity index (χ0) is 73.7. The molecule has 6 atom stereocenters. The van der Waals surface area contributed by atoms with Crippen molar-refractivity contribution in [2.45, 2.75) is 439 Å². The SMILES string of the molecule is CCCCCCCCCCCCCCCCC(=O)O[C@H](COC(=O)CCCCCCCCC(C)C)COP(=O)(O)OC[C@H](O)COP(=O)(O)OC[C@@H](COC(=O)CCCCCCCCCCCCCCCCC(C)CC)OC(=O)CCCCCCCCCCCCCCCCCCC(C)C. The smallest absolute Gasteiger partial charge is 0.462 e. The number of carbonyl (C=O) groups is 4. The van der Waals surface area contributed by atoms with Gasteiger partial charge < -0.3 is 33.8 Å². The summed E-state index contributed by atoms with van der Waals surface area (Å²) in [4.78, 5) is 73.0. The number of phosphoric ester groups is 2. The summed E-state index contributed by atoms with van der Waals surface area (Å²) in [5, 5.41) is 10.6. The predicted molar refractivity (Wildman–Crippen MR) is 409 cm³/mol. The lowest BCUT2D eigenvalue weighted by atomic mass is 9.99. The first kappa shape index (κ1) is 98.1. The normalized spacial score (nSPS) is 14.2. The molecule has 0 aromatic heterocycles. The number of ether oxygens (including phenoxy) is 4. The number of carbonyl (C=O) groups excluding carboxylic acids is 4. The first-order chi connectivity index (χ1) is 48.3. The highest BCUT2D eigenvalue weighted by molar-refractivity contribution is 7.47. The highest BCUT2D eigenvalue weighted by Gasteiger charge is 2.30. The first-order valence-corrected chi connectivity index (χ1v) is 44.9. The van der Waals surface area contributed by atoms with E-state index in [1.165, 1.54) is 225 Å². The van der Waals surface area contributed by atoms with Crippen LogP contribution in [0.15, 0.2) is 0 Å². The molecular weight excluding hydrogens is 1310 g/mol. The van der Waals surface area contributed by atoms with Gasteiger partial charge in [0.25, 0.3) is 0 Å². The van der Waals surface area contributed by atoms with Gasteiger partial charge in [0.1, 0.15) is 19.3 Å². The number of unbranched alkanes of at least 4 members (excludes halogenated alkanes) is 46. The minimum atomic E-state index is -4.96. The van der Waals surface area contributed by atoms with Crippen LogP contribution in [0.5, 0.6) is 0 Å². The number of hydrogen-bond acceptors (Lipinski definition) is 15. The Balaban J connectivity index is 5.23. The van der Waals surface area contributed by atoms with Crippen molar-refractivity contribution < 1.29 is 80.2 Å². The van der Waals surface area contributed by atoms with E-state index in [0.29, 0.717) is 31.6 Å². The van der Waals surface area contributed by atoms with E-state index in [4.69, 9.17) is 37.0 Å². The van der Waals surface area contributed by atoms with Gasteiger partial charge in [-0.3, -0.25) is 37.3 Å². The highest BCUT2D eigenvalue weighted by atomic mass is 31.2. The van der Waals surface area contributed by atoms with Crippen molar-refractivity contribution in [2.75, 3.05) is 39.6 Å². The summed E-state index contributed by atoms with van der Waals surface area (Å²) in [5.41, 5.74) is 0. The molecule has 0 rings (SSSR count). The predicted octanol–water partition coefficient (Wildman–Crippen LogP) is 24.1. The average Bonchev–Trinajstić information content (AvgIpc) is 0.936. The van der Waals surface area contributed by atoms with E-state index in [1.54, 1.807) is 0 Å².